The minimum Gasteiger partial charge on any atom is -0.344 e. The number of halogens is 1. The van der Waals surface area contributed by atoms with Crippen molar-refractivity contribution in [1.29, 1.82) is 0 Å². The van der Waals surface area contributed by atoms with E-state index in [1.54, 1.807) is 11.8 Å². The Labute approximate surface area is 109 Å². The molecule has 0 atom stereocenters. The van der Waals surface area contributed by atoms with E-state index in [0.29, 0.717) is 12.1 Å². The fourth-order valence-electron chi connectivity index (χ4n) is 1.67. The van der Waals surface area contributed by atoms with E-state index < -0.39 is 0 Å². The number of rotatable bonds is 4. The molecule has 0 aliphatic carbocycles. The number of hydrogen-bond donors (Lipinski definition) is 0. The summed E-state index contributed by atoms with van der Waals surface area (Å²) in [6, 6.07) is 1.17. The van der Waals surface area contributed by atoms with Crippen LogP contribution in [0.15, 0.2) is 0 Å². The Morgan fingerprint density at radius 1 is 1.33 bits per heavy atom. The highest BCUT2D eigenvalue weighted by atomic mass is 35.5. The lowest BCUT2D eigenvalue weighted by Crippen LogP contribution is -2.45. The molecule has 0 unspecified atom stereocenters. The van der Waals surface area contributed by atoms with Crippen molar-refractivity contribution in [2.75, 3.05) is 19.0 Å². The van der Waals surface area contributed by atoms with E-state index >= 15 is 0 Å². The summed E-state index contributed by atoms with van der Waals surface area (Å²) >= 11 is 7.10. The molecular weight excluding hydrogens is 248 g/mol. The molecule has 5 heteroatoms. The van der Waals surface area contributed by atoms with Gasteiger partial charge in [-0.15, -0.1) is 12.4 Å². The summed E-state index contributed by atoms with van der Waals surface area (Å²) in [4.78, 5) is 4.78. The zero-order valence-corrected chi connectivity index (χ0v) is 12.3. The van der Waals surface area contributed by atoms with Crippen LogP contribution in [0.5, 0.6) is 0 Å². The SMILES string of the molecule is CC(C)N(CN1CCSC1=S)C(C)C.Cl. The second kappa shape index (κ2) is 6.94. The molecule has 1 rings (SSSR count). The number of nitrogens with zero attached hydrogens (tertiary/aromatic N) is 2. The summed E-state index contributed by atoms with van der Waals surface area (Å²) < 4.78 is 1.07. The molecule has 90 valence electrons. The van der Waals surface area contributed by atoms with Crippen LogP contribution in [0.3, 0.4) is 0 Å². The molecule has 1 saturated heterocycles. The molecule has 0 radical (unpaired) electrons. The van der Waals surface area contributed by atoms with E-state index in [9.17, 15) is 0 Å². The zero-order valence-electron chi connectivity index (χ0n) is 9.90. The third-order valence-electron chi connectivity index (χ3n) is 2.51. The van der Waals surface area contributed by atoms with Crippen LogP contribution in [0.1, 0.15) is 27.7 Å². The third-order valence-corrected chi connectivity index (χ3v) is 4.01. The van der Waals surface area contributed by atoms with Gasteiger partial charge >= 0.3 is 0 Å². The predicted molar refractivity (Wildman–Crippen MR) is 76.0 cm³/mol. The van der Waals surface area contributed by atoms with Gasteiger partial charge in [0, 0.05) is 24.4 Å². The van der Waals surface area contributed by atoms with Crippen molar-refractivity contribution in [3.05, 3.63) is 0 Å². The Hall–Kier alpha value is 0.490. The number of thioether (sulfide) groups is 1. The standard InChI is InChI=1S/C10H20N2S2.ClH/c1-8(2)12(9(3)4)7-11-5-6-14-10(11)13;/h8-9H,5-7H2,1-4H3;1H. The lowest BCUT2D eigenvalue weighted by molar-refractivity contribution is 0.122. The van der Waals surface area contributed by atoms with Gasteiger partial charge in [0.1, 0.15) is 4.32 Å². The molecule has 0 saturated carbocycles. The van der Waals surface area contributed by atoms with Crippen molar-refractivity contribution in [3.63, 3.8) is 0 Å². The quantitative estimate of drug-likeness (QED) is 0.723. The molecule has 0 aromatic carbocycles. The van der Waals surface area contributed by atoms with Crippen LogP contribution in [-0.2, 0) is 0 Å². The minimum atomic E-state index is 0. The van der Waals surface area contributed by atoms with Crippen molar-refractivity contribution >= 4 is 40.7 Å². The molecule has 1 heterocycles. The molecule has 15 heavy (non-hydrogen) atoms. The molecule has 0 amide bonds. The van der Waals surface area contributed by atoms with Gasteiger partial charge in [0.2, 0.25) is 0 Å². The Morgan fingerprint density at radius 2 is 1.87 bits per heavy atom. The van der Waals surface area contributed by atoms with E-state index in [2.05, 4.69) is 37.5 Å². The van der Waals surface area contributed by atoms with E-state index in [1.807, 2.05) is 0 Å². The lowest BCUT2D eigenvalue weighted by atomic mass is 10.2. The normalized spacial score (nSPS) is 16.7. The highest BCUT2D eigenvalue weighted by Gasteiger charge is 2.22. The molecule has 0 spiro atoms. The van der Waals surface area contributed by atoms with E-state index in [1.165, 1.54) is 0 Å². The summed E-state index contributed by atoms with van der Waals surface area (Å²) in [5.41, 5.74) is 0. The van der Waals surface area contributed by atoms with Crippen molar-refractivity contribution in [2.24, 2.45) is 0 Å². The van der Waals surface area contributed by atoms with Gasteiger partial charge in [0.15, 0.2) is 0 Å². The van der Waals surface area contributed by atoms with Crippen molar-refractivity contribution in [3.8, 4) is 0 Å². The topological polar surface area (TPSA) is 6.48 Å². The fraction of sp³-hybridized carbons (Fsp3) is 0.900. The van der Waals surface area contributed by atoms with Crippen LogP contribution >= 0.6 is 36.4 Å². The minimum absolute atomic E-state index is 0. The third kappa shape index (κ3) is 4.47. The molecule has 0 bridgehead atoms. The average Bonchev–Trinajstić information content (AvgIpc) is 2.46. The maximum Gasteiger partial charge on any atom is 0.137 e. The van der Waals surface area contributed by atoms with Crippen LogP contribution in [-0.4, -0.2) is 45.2 Å². The first-order chi connectivity index (χ1) is 6.52. The van der Waals surface area contributed by atoms with Crippen LogP contribution in [0.2, 0.25) is 0 Å². The Morgan fingerprint density at radius 3 is 2.20 bits per heavy atom. The van der Waals surface area contributed by atoms with Crippen molar-refractivity contribution in [2.45, 2.75) is 39.8 Å². The smallest absolute Gasteiger partial charge is 0.137 e. The van der Waals surface area contributed by atoms with Gasteiger partial charge in [-0.2, -0.15) is 0 Å². The summed E-state index contributed by atoms with van der Waals surface area (Å²) in [6.45, 7) is 11.1. The van der Waals surface area contributed by atoms with Gasteiger partial charge in [0.25, 0.3) is 0 Å². The molecule has 1 aliphatic heterocycles. The maximum atomic E-state index is 5.29. The molecule has 0 aromatic rings. The van der Waals surface area contributed by atoms with E-state index in [4.69, 9.17) is 12.2 Å². The molecular formula is C10H21ClN2S2. The van der Waals surface area contributed by atoms with Gasteiger partial charge in [-0.25, -0.2) is 0 Å². The first kappa shape index (κ1) is 15.5. The summed E-state index contributed by atoms with van der Waals surface area (Å²) in [5, 5.41) is 0. The molecule has 2 nitrogen and oxygen atoms in total. The van der Waals surface area contributed by atoms with Gasteiger partial charge in [-0.05, 0) is 27.7 Å². The van der Waals surface area contributed by atoms with Crippen molar-refractivity contribution < 1.29 is 0 Å². The maximum absolute atomic E-state index is 5.29. The number of hydrogen-bond acceptors (Lipinski definition) is 3. The zero-order chi connectivity index (χ0) is 10.7. The number of thiocarbonyl (C=S) groups is 1. The fourth-order valence-corrected chi connectivity index (χ4v) is 2.89. The Kier molecular flexibility index (Phi) is 7.17. The van der Waals surface area contributed by atoms with Gasteiger partial charge in [0.05, 0.1) is 6.67 Å². The van der Waals surface area contributed by atoms with Crippen LogP contribution in [0, 0.1) is 0 Å². The van der Waals surface area contributed by atoms with Gasteiger partial charge in [-0.1, -0.05) is 24.0 Å². The van der Waals surface area contributed by atoms with E-state index in [-0.39, 0.29) is 12.4 Å². The highest BCUT2D eigenvalue weighted by Crippen LogP contribution is 2.19. The first-order valence-corrected chi connectivity index (χ1v) is 6.59. The largest absolute Gasteiger partial charge is 0.344 e. The second-order valence-corrected chi connectivity index (χ2v) is 5.95. The highest BCUT2D eigenvalue weighted by molar-refractivity contribution is 8.23. The summed E-state index contributed by atoms with van der Waals surface area (Å²) in [5.74, 6) is 1.16. The molecule has 1 fully saturated rings. The Bertz CT molecular complexity index is 202. The second-order valence-electron chi connectivity index (χ2n) is 4.22. The van der Waals surface area contributed by atoms with Gasteiger partial charge in [-0.3, -0.25) is 4.90 Å². The average molecular weight is 269 g/mol. The Balaban J connectivity index is 0.00000196. The van der Waals surface area contributed by atoms with Crippen molar-refractivity contribution in [1.82, 2.24) is 9.80 Å². The monoisotopic (exact) mass is 268 g/mol. The summed E-state index contributed by atoms with van der Waals surface area (Å²) in [6.07, 6.45) is 0. The lowest BCUT2D eigenvalue weighted by Gasteiger charge is -2.34. The van der Waals surface area contributed by atoms with Gasteiger partial charge < -0.3 is 4.90 Å². The van der Waals surface area contributed by atoms with Crippen LogP contribution < -0.4 is 0 Å². The molecule has 0 aromatic heterocycles. The van der Waals surface area contributed by atoms with Crippen LogP contribution in [0.25, 0.3) is 0 Å². The molecule has 0 N–H and O–H groups in total. The predicted octanol–water partition coefficient (Wildman–Crippen LogP) is 2.82. The van der Waals surface area contributed by atoms with E-state index in [0.717, 1.165) is 23.3 Å². The summed E-state index contributed by atoms with van der Waals surface area (Å²) in [7, 11) is 0. The molecule has 1 aliphatic rings. The first-order valence-electron chi connectivity index (χ1n) is 5.20. The van der Waals surface area contributed by atoms with Crippen LogP contribution in [0.4, 0.5) is 0 Å².